The minimum absolute atomic E-state index is 0.0142. The molecular weight excluding hydrogens is 477 g/mol. The zero-order chi connectivity index (χ0) is 26.9. The number of fused-ring (bicyclic) bond motifs is 1. The van der Waals surface area contributed by atoms with Crippen molar-refractivity contribution in [2.24, 2.45) is 0 Å². The highest BCUT2D eigenvalue weighted by Crippen LogP contribution is 2.19. The van der Waals surface area contributed by atoms with Gasteiger partial charge in [-0.25, -0.2) is 4.39 Å². The molecule has 1 N–H and O–H groups in total. The first kappa shape index (κ1) is 27.1. The van der Waals surface area contributed by atoms with Crippen molar-refractivity contribution in [1.82, 2.24) is 14.8 Å². The van der Waals surface area contributed by atoms with Gasteiger partial charge < -0.3 is 14.8 Å². The third-order valence-electron chi connectivity index (χ3n) is 6.88. The lowest BCUT2D eigenvalue weighted by molar-refractivity contribution is -0.141. The smallest absolute Gasteiger partial charge is 0.242 e. The Morgan fingerprint density at radius 1 is 0.842 bits per heavy atom. The molecule has 6 heteroatoms. The molecule has 0 radical (unpaired) electrons. The van der Waals surface area contributed by atoms with Crippen LogP contribution >= 0.6 is 0 Å². The molecule has 0 spiro atoms. The summed E-state index contributed by atoms with van der Waals surface area (Å²) >= 11 is 0. The predicted molar refractivity (Wildman–Crippen MR) is 150 cm³/mol. The van der Waals surface area contributed by atoms with E-state index in [2.05, 4.69) is 11.1 Å². The quantitative estimate of drug-likeness (QED) is 0.238. The molecular formula is C32H36FN3O2. The van der Waals surface area contributed by atoms with Crippen molar-refractivity contribution in [2.45, 2.75) is 52.6 Å². The summed E-state index contributed by atoms with van der Waals surface area (Å²) in [5.74, 6) is -0.482. The van der Waals surface area contributed by atoms with Gasteiger partial charge in [0.2, 0.25) is 11.8 Å². The van der Waals surface area contributed by atoms with Gasteiger partial charge in [0.25, 0.3) is 0 Å². The number of unbranched alkanes of at least 4 members (excludes halogenated alkanes) is 1. The van der Waals surface area contributed by atoms with E-state index in [4.69, 9.17) is 0 Å². The van der Waals surface area contributed by atoms with Gasteiger partial charge in [-0.3, -0.25) is 9.59 Å². The van der Waals surface area contributed by atoms with Gasteiger partial charge in [-0.15, -0.1) is 0 Å². The summed E-state index contributed by atoms with van der Waals surface area (Å²) in [6, 6.07) is 22.4. The molecule has 0 aliphatic carbocycles. The lowest BCUT2D eigenvalue weighted by Crippen LogP contribution is -2.43. The van der Waals surface area contributed by atoms with Crippen LogP contribution in [0.3, 0.4) is 0 Å². The molecule has 4 aromatic rings. The number of carbonyl (C=O) groups is 2. The molecule has 0 bridgehead atoms. The largest absolute Gasteiger partial charge is 0.361 e. The number of aromatic nitrogens is 1. The fraction of sp³-hybridized carbons (Fsp3) is 0.312. The fourth-order valence-electron chi connectivity index (χ4n) is 4.59. The summed E-state index contributed by atoms with van der Waals surface area (Å²) in [5, 5.41) is 1.16. The third kappa shape index (κ3) is 7.31. The number of hydrogen-bond acceptors (Lipinski definition) is 2. The lowest BCUT2D eigenvalue weighted by Gasteiger charge is -2.28. The first-order valence-electron chi connectivity index (χ1n) is 13.3. The number of para-hydroxylation sites is 1. The number of carbonyl (C=O) groups excluding carboxylic acids is 2. The van der Waals surface area contributed by atoms with Crippen LogP contribution in [0.5, 0.6) is 0 Å². The van der Waals surface area contributed by atoms with Crippen LogP contribution in [0.15, 0.2) is 79.0 Å². The summed E-state index contributed by atoms with van der Waals surface area (Å²) < 4.78 is 13.5. The number of aryl methyl sites for hydroxylation is 1. The van der Waals surface area contributed by atoms with Gasteiger partial charge >= 0.3 is 0 Å². The van der Waals surface area contributed by atoms with Gasteiger partial charge in [-0.05, 0) is 54.7 Å². The molecule has 2 amide bonds. The number of hydrogen-bond donors (Lipinski definition) is 1. The second-order valence-corrected chi connectivity index (χ2v) is 9.89. The minimum atomic E-state index is -0.324. The maximum Gasteiger partial charge on any atom is 0.242 e. The normalized spacial score (nSPS) is 11.0. The molecule has 38 heavy (non-hydrogen) atoms. The van der Waals surface area contributed by atoms with E-state index in [9.17, 15) is 14.0 Å². The van der Waals surface area contributed by atoms with Crippen molar-refractivity contribution >= 4 is 22.7 Å². The Bertz CT molecular complexity index is 1350. The minimum Gasteiger partial charge on any atom is -0.361 e. The molecule has 0 fully saturated rings. The summed E-state index contributed by atoms with van der Waals surface area (Å²) in [6.45, 7) is 5.34. The Balaban J connectivity index is 1.53. The second kappa shape index (κ2) is 13.0. The molecule has 0 aliphatic heterocycles. The van der Waals surface area contributed by atoms with Crippen molar-refractivity contribution in [1.29, 1.82) is 0 Å². The molecule has 198 valence electrons. The van der Waals surface area contributed by atoms with Crippen LogP contribution in [0.25, 0.3) is 10.9 Å². The van der Waals surface area contributed by atoms with Gasteiger partial charge in [-0.2, -0.15) is 0 Å². The average Bonchev–Trinajstić information content (AvgIpc) is 3.34. The predicted octanol–water partition coefficient (Wildman–Crippen LogP) is 6.41. The van der Waals surface area contributed by atoms with Gasteiger partial charge in [0.15, 0.2) is 0 Å². The number of H-pyrrole nitrogens is 1. The average molecular weight is 514 g/mol. The molecule has 1 heterocycles. The standard InChI is InChI=1S/C32H36FN3O2/c1-3-4-9-31(37)36(22-26-14-16-28(33)17-15-26)23-32(38)35(21-25-12-10-24(2)11-13-25)19-18-27-20-34-30-8-6-5-7-29(27)30/h5-8,10-17,20,34H,3-4,9,18-19,21-23H2,1-2H3. The Hall–Kier alpha value is -3.93. The van der Waals surface area contributed by atoms with Crippen molar-refractivity contribution in [2.75, 3.05) is 13.1 Å². The number of aromatic amines is 1. The Morgan fingerprint density at radius 3 is 2.21 bits per heavy atom. The Labute approximate surface area is 224 Å². The number of nitrogens with one attached hydrogen (secondary N) is 1. The number of rotatable bonds is 12. The van der Waals surface area contributed by atoms with Crippen LogP contribution in [0.1, 0.15) is 48.4 Å². The maximum atomic E-state index is 13.7. The molecule has 3 aromatic carbocycles. The maximum absolute atomic E-state index is 13.7. The summed E-state index contributed by atoms with van der Waals surface area (Å²) in [5.41, 5.74) is 5.24. The highest BCUT2D eigenvalue weighted by Gasteiger charge is 2.22. The first-order valence-corrected chi connectivity index (χ1v) is 13.3. The molecule has 0 unspecified atom stereocenters. The highest BCUT2D eigenvalue weighted by atomic mass is 19.1. The van der Waals surface area contributed by atoms with Gasteiger partial charge in [0, 0.05) is 43.2 Å². The SMILES string of the molecule is CCCCC(=O)N(CC(=O)N(CCc1c[nH]c2ccccc12)Cc1ccc(C)cc1)Cc1ccc(F)cc1. The molecule has 0 saturated carbocycles. The topological polar surface area (TPSA) is 56.4 Å². The van der Waals surface area contributed by atoms with E-state index in [1.54, 1.807) is 17.0 Å². The summed E-state index contributed by atoms with van der Waals surface area (Å²) in [7, 11) is 0. The monoisotopic (exact) mass is 513 g/mol. The molecule has 4 rings (SSSR count). The van der Waals surface area contributed by atoms with Crippen LogP contribution < -0.4 is 0 Å². The van der Waals surface area contributed by atoms with Crippen molar-refractivity contribution in [3.05, 3.63) is 107 Å². The zero-order valence-electron chi connectivity index (χ0n) is 22.3. The van der Waals surface area contributed by atoms with Crippen LogP contribution in [-0.2, 0) is 29.1 Å². The second-order valence-electron chi connectivity index (χ2n) is 9.89. The molecule has 0 aliphatic rings. The van der Waals surface area contributed by atoms with Crippen LogP contribution in [-0.4, -0.2) is 39.7 Å². The van der Waals surface area contributed by atoms with E-state index in [1.807, 2.05) is 67.4 Å². The molecule has 5 nitrogen and oxygen atoms in total. The lowest BCUT2D eigenvalue weighted by atomic mass is 10.1. The van der Waals surface area contributed by atoms with E-state index in [-0.39, 0.29) is 30.7 Å². The van der Waals surface area contributed by atoms with E-state index in [0.29, 0.717) is 25.9 Å². The highest BCUT2D eigenvalue weighted by molar-refractivity contribution is 5.85. The summed E-state index contributed by atoms with van der Waals surface area (Å²) in [4.78, 5) is 33.6. The van der Waals surface area contributed by atoms with Crippen LogP contribution in [0.4, 0.5) is 4.39 Å². The van der Waals surface area contributed by atoms with E-state index >= 15 is 0 Å². The number of nitrogens with zero attached hydrogens (tertiary/aromatic N) is 2. The van der Waals surface area contributed by atoms with Gasteiger partial charge in [-0.1, -0.05) is 73.5 Å². The molecule has 0 atom stereocenters. The van der Waals surface area contributed by atoms with Crippen LogP contribution in [0, 0.1) is 12.7 Å². The molecule has 1 aromatic heterocycles. The first-order chi connectivity index (χ1) is 18.4. The number of benzene rings is 3. The van der Waals surface area contributed by atoms with E-state index in [1.165, 1.54) is 12.1 Å². The van der Waals surface area contributed by atoms with Crippen molar-refractivity contribution in [3.63, 3.8) is 0 Å². The van der Waals surface area contributed by atoms with Crippen molar-refractivity contribution < 1.29 is 14.0 Å². The van der Waals surface area contributed by atoms with E-state index in [0.717, 1.165) is 46.0 Å². The fourth-order valence-corrected chi connectivity index (χ4v) is 4.59. The Kier molecular flexibility index (Phi) is 9.30. The van der Waals surface area contributed by atoms with Crippen molar-refractivity contribution in [3.8, 4) is 0 Å². The van der Waals surface area contributed by atoms with Gasteiger partial charge in [0.1, 0.15) is 12.4 Å². The van der Waals surface area contributed by atoms with E-state index < -0.39 is 0 Å². The Morgan fingerprint density at radius 2 is 1.50 bits per heavy atom. The van der Waals surface area contributed by atoms with Crippen LogP contribution in [0.2, 0.25) is 0 Å². The summed E-state index contributed by atoms with van der Waals surface area (Å²) in [6.07, 6.45) is 4.75. The van der Waals surface area contributed by atoms with Gasteiger partial charge in [0.05, 0.1) is 0 Å². The third-order valence-corrected chi connectivity index (χ3v) is 6.88. The zero-order valence-corrected chi connectivity index (χ0v) is 22.3. The number of amides is 2. The molecule has 0 saturated heterocycles. The number of halogens is 1.